The number of aromatic nitrogens is 5. The smallest absolute Gasteiger partial charge is 0.247 e. The number of benzene rings is 4. The van der Waals surface area contributed by atoms with Gasteiger partial charge in [0.1, 0.15) is 30.0 Å². The van der Waals surface area contributed by atoms with Crippen LogP contribution in [0.25, 0.3) is 16.7 Å². The van der Waals surface area contributed by atoms with Gasteiger partial charge in [0.05, 0.1) is 23.8 Å². The minimum Gasteiger partial charge on any atom is -0.382 e. The number of aliphatic hydroxyl groups is 1. The third-order valence-electron chi connectivity index (χ3n) is 8.72. The number of halogens is 3. The van der Waals surface area contributed by atoms with Crippen molar-refractivity contribution in [3.05, 3.63) is 141 Å². The van der Waals surface area contributed by atoms with E-state index in [9.17, 15) is 19.1 Å². The number of imidazole rings is 1. The molecule has 2 N–H and O–H groups in total. The highest BCUT2D eigenvalue weighted by Gasteiger charge is 2.35. The van der Waals surface area contributed by atoms with E-state index < -0.39 is 18.0 Å². The Morgan fingerprint density at radius 2 is 1.84 bits per heavy atom. The predicted octanol–water partition coefficient (Wildman–Crippen LogP) is 5.98. The number of hydrogen-bond donors (Lipinski definition) is 2. The third-order valence-corrected chi connectivity index (χ3v) is 9.31. The van der Waals surface area contributed by atoms with E-state index in [0.29, 0.717) is 18.0 Å². The fraction of sp³-hybridized carbons (Fsp3) is 0.194. The highest BCUT2D eigenvalue weighted by molar-refractivity contribution is 6.31. The Hall–Kier alpha value is -5.10. The largest absolute Gasteiger partial charge is 0.382 e. The van der Waals surface area contributed by atoms with Crippen molar-refractivity contribution in [1.82, 2.24) is 34.8 Å². The minimum absolute atomic E-state index is 0.0115. The fourth-order valence-corrected chi connectivity index (χ4v) is 6.58. The van der Waals surface area contributed by atoms with Gasteiger partial charge in [-0.1, -0.05) is 76.9 Å². The van der Waals surface area contributed by atoms with Crippen LogP contribution in [0.1, 0.15) is 46.5 Å². The van der Waals surface area contributed by atoms with Crippen LogP contribution in [-0.2, 0) is 29.1 Å². The van der Waals surface area contributed by atoms with Gasteiger partial charge in [-0.05, 0) is 59.5 Å². The fourth-order valence-electron chi connectivity index (χ4n) is 6.18. The molecule has 10 nitrogen and oxygen atoms in total. The van der Waals surface area contributed by atoms with Gasteiger partial charge in [0.15, 0.2) is 0 Å². The van der Waals surface area contributed by atoms with Gasteiger partial charge < -0.3 is 15.3 Å². The molecule has 1 aliphatic rings. The van der Waals surface area contributed by atoms with E-state index in [2.05, 4.69) is 20.6 Å². The Kier molecular flexibility index (Phi) is 9.13. The maximum atomic E-state index is 14.4. The molecule has 49 heavy (non-hydrogen) atoms. The van der Waals surface area contributed by atoms with Crippen LogP contribution in [0.4, 0.5) is 4.39 Å². The number of amides is 2. The number of rotatable bonds is 9. The number of carbonyl (C=O) groups excluding carboxylic acids is 2. The number of aliphatic hydroxyl groups excluding tert-OH is 1. The molecule has 0 saturated heterocycles. The lowest BCUT2D eigenvalue weighted by Crippen LogP contribution is -2.47. The number of aryl methyl sites for hydroxylation is 1. The average molecular weight is 699 g/mol. The van der Waals surface area contributed by atoms with Crippen molar-refractivity contribution in [1.29, 1.82) is 0 Å². The minimum atomic E-state index is -1.36. The maximum absolute atomic E-state index is 14.4. The summed E-state index contributed by atoms with van der Waals surface area (Å²) in [6.07, 6.45) is 2.48. The predicted molar refractivity (Wildman–Crippen MR) is 183 cm³/mol. The van der Waals surface area contributed by atoms with Crippen LogP contribution in [0, 0.1) is 5.82 Å². The molecule has 0 saturated carbocycles. The lowest BCUT2D eigenvalue weighted by molar-refractivity contribution is -0.141. The standard InChI is InChI=1S/C36H30Cl2FN7O3/c37-24-10-12-27(29(39)17-24)35(48)31-20-44(43-42-31)15-14-33(47)45-16-13-22-5-1-2-6-26(22)34(45)36(49)40-19-23-9-11-25(18-28(23)38)46-21-41-30-7-3-4-8-32(30)46/h1-12,17-18,20-21,34-35,48H,13-16,19H2,(H,40,49). The summed E-state index contributed by atoms with van der Waals surface area (Å²) in [7, 11) is 0. The Bertz CT molecular complexity index is 2190. The van der Waals surface area contributed by atoms with Crippen LogP contribution in [0.5, 0.6) is 0 Å². The average Bonchev–Trinajstić information content (AvgIpc) is 3.77. The molecule has 0 bridgehead atoms. The number of hydrogen-bond acceptors (Lipinski definition) is 6. The Morgan fingerprint density at radius 3 is 2.67 bits per heavy atom. The molecule has 6 aromatic rings. The molecule has 0 radical (unpaired) electrons. The summed E-state index contributed by atoms with van der Waals surface area (Å²) >= 11 is 12.5. The molecule has 0 spiro atoms. The van der Waals surface area contributed by atoms with Gasteiger partial charge in [0.2, 0.25) is 11.8 Å². The number of para-hydroxylation sites is 2. The SMILES string of the molecule is O=C(NCc1ccc(-n2cnc3ccccc32)cc1Cl)C1c2ccccc2CCN1C(=O)CCn1cc(C(O)c2ccc(Cl)cc2F)nn1. The topological polar surface area (TPSA) is 118 Å². The van der Waals surface area contributed by atoms with Gasteiger partial charge in [-0.15, -0.1) is 5.10 Å². The van der Waals surface area contributed by atoms with Crippen LogP contribution < -0.4 is 5.32 Å². The number of fused-ring (bicyclic) bond motifs is 2. The molecule has 7 rings (SSSR count). The highest BCUT2D eigenvalue weighted by Crippen LogP contribution is 2.31. The first-order valence-electron chi connectivity index (χ1n) is 15.7. The van der Waals surface area contributed by atoms with E-state index in [1.165, 1.54) is 23.0 Å². The van der Waals surface area contributed by atoms with Crippen LogP contribution in [0.3, 0.4) is 0 Å². The maximum Gasteiger partial charge on any atom is 0.247 e. The van der Waals surface area contributed by atoms with Gasteiger partial charge in [0.25, 0.3) is 0 Å². The molecule has 4 aromatic carbocycles. The summed E-state index contributed by atoms with van der Waals surface area (Å²) in [4.78, 5) is 33.5. The number of carbonyl (C=O) groups is 2. The van der Waals surface area contributed by atoms with Crippen molar-refractivity contribution in [3.63, 3.8) is 0 Å². The molecule has 2 aromatic heterocycles. The van der Waals surface area contributed by atoms with Crippen LogP contribution >= 0.6 is 23.2 Å². The quantitative estimate of drug-likeness (QED) is 0.192. The van der Waals surface area contributed by atoms with Crippen molar-refractivity contribution < 1.29 is 19.1 Å². The van der Waals surface area contributed by atoms with Crippen molar-refractivity contribution in [2.45, 2.75) is 38.1 Å². The lowest BCUT2D eigenvalue weighted by atomic mass is 9.91. The molecule has 0 aliphatic carbocycles. The van der Waals surface area contributed by atoms with Crippen LogP contribution in [0.15, 0.2) is 97.5 Å². The summed E-state index contributed by atoms with van der Waals surface area (Å²) < 4.78 is 17.7. The zero-order chi connectivity index (χ0) is 34.1. The normalized spacial score (nSPS) is 14.9. The molecule has 1 aliphatic heterocycles. The number of nitrogens with one attached hydrogen (secondary N) is 1. The van der Waals surface area contributed by atoms with Crippen molar-refractivity contribution in [2.24, 2.45) is 0 Å². The van der Waals surface area contributed by atoms with Crippen LogP contribution in [0.2, 0.25) is 10.0 Å². The highest BCUT2D eigenvalue weighted by atomic mass is 35.5. The monoisotopic (exact) mass is 697 g/mol. The first-order chi connectivity index (χ1) is 23.8. The van der Waals surface area contributed by atoms with Gasteiger partial charge in [-0.25, -0.2) is 9.37 Å². The van der Waals surface area contributed by atoms with Crippen LogP contribution in [-0.4, -0.2) is 52.9 Å². The molecule has 2 atom stereocenters. The van der Waals surface area contributed by atoms with Gasteiger partial charge >= 0.3 is 0 Å². The second-order valence-corrected chi connectivity index (χ2v) is 12.6. The van der Waals surface area contributed by atoms with Crippen molar-refractivity contribution in [2.75, 3.05) is 6.54 Å². The second-order valence-electron chi connectivity index (χ2n) is 11.8. The van der Waals surface area contributed by atoms with E-state index in [1.807, 2.05) is 71.3 Å². The van der Waals surface area contributed by atoms with E-state index in [-0.39, 0.29) is 47.6 Å². The van der Waals surface area contributed by atoms with E-state index >= 15 is 0 Å². The summed E-state index contributed by atoms with van der Waals surface area (Å²) in [5.41, 5.74) is 5.31. The third kappa shape index (κ3) is 6.65. The molecular weight excluding hydrogens is 668 g/mol. The lowest BCUT2D eigenvalue weighted by Gasteiger charge is -2.36. The molecule has 3 heterocycles. The van der Waals surface area contributed by atoms with Gasteiger partial charge in [-0.2, -0.15) is 0 Å². The summed E-state index contributed by atoms with van der Waals surface area (Å²) in [5.74, 6) is -1.23. The Morgan fingerprint density at radius 1 is 1.02 bits per heavy atom. The summed E-state index contributed by atoms with van der Waals surface area (Å²) in [5, 5.41) is 22.3. The van der Waals surface area contributed by atoms with Gasteiger partial charge in [-0.3, -0.25) is 18.8 Å². The first-order valence-corrected chi connectivity index (χ1v) is 16.4. The first kappa shape index (κ1) is 32.4. The summed E-state index contributed by atoms with van der Waals surface area (Å²) in [6, 6.07) is 24.2. The van der Waals surface area contributed by atoms with Gasteiger partial charge in [0, 0.05) is 40.8 Å². The molecule has 0 fully saturated rings. The zero-order valence-corrected chi connectivity index (χ0v) is 27.5. The summed E-state index contributed by atoms with van der Waals surface area (Å²) in [6.45, 7) is 0.670. The van der Waals surface area contributed by atoms with E-state index in [4.69, 9.17) is 23.2 Å². The zero-order valence-electron chi connectivity index (χ0n) is 26.0. The number of nitrogens with zero attached hydrogens (tertiary/aromatic N) is 6. The Balaban J connectivity index is 1.04. The Labute approximate surface area is 290 Å². The van der Waals surface area contributed by atoms with E-state index in [0.717, 1.165) is 39.5 Å². The molecule has 13 heteroatoms. The van der Waals surface area contributed by atoms with Crippen molar-refractivity contribution >= 4 is 46.0 Å². The molecule has 2 unspecified atom stereocenters. The molecule has 248 valence electrons. The molecule has 2 amide bonds. The molecular formula is C36H30Cl2FN7O3. The second kappa shape index (κ2) is 13.8. The van der Waals surface area contributed by atoms with Crippen molar-refractivity contribution in [3.8, 4) is 5.69 Å². The van der Waals surface area contributed by atoms with E-state index in [1.54, 1.807) is 11.2 Å².